The molecule has 6 nitrogen and oxygen atoms in total. The third-order valence-electron chi connectivity index (χ3n) is 3.75. The molecule has 0 aliphatic rings. The normalized spacial score (nSPS) is 10.3. The first-order valence-corrected chi connectivity index (χ1v) is 7.50. The molecule has 0 unspecified atom stereocenters. The Hall–Kier alpha value is -2.81. The van der Waals surface area contributed by atoms with Gasteiger partial charge in [0.2, 0.25) is 5.91 Å². The topological polar surface area (TPSA) is 90.9 Å². The largest absolute Gasteiger partial charge is 0.506 e. The molecule has 2 N–H and O–H groups in total. The molecule has 1 aromatic carbocycles. The number of hydrogen-bond acceptors (Lipinski definition) is 4. The van der Waals surface area contributed by atoms with Crippen LogP contribution in [0.4, 0.5) is 5.69 Å². The number of hydrogen-bond donors (Lipinski definition) is 2. The molecule has 1 aromatic heterocycles. The highest BCUT2D eigenvalue weighted by Gasteiger charge is 2.13. The van der Waals surface area contributed by atoms with E-state index in [1.54, 1.807) is 18.2 Å². The number of aromatic nitrogens is 2. The molecule has 0 saturated carbocycles. The first kappa shape index (κ1) is 16.6. The van der Waals surface area contributed by atoms with Gasteiger partial charge in [-0.15, -0.1) is 0 Å². The SMILES string of the molecule is Cc1nn(CCC#N)c(C)c1CCC(=O)Nc1ccccc1O. The lowest BCUT2D eigenvalue weighted by Crippen LogP contribution is -2.13. The van der Waals surface area contributed by atoms with Crippen molar-refractivity contribution < 1.29 is 9.90 Å². The second-order valence-corrected chi connectivity index (χ2v) is 5.35. The van der Waals surface area contributed by atoms with Crippen molar-refractivity contribution in [3.8, 4) is 11.8 Å². The van der Waals surface area contributed by atoms with Gasteiger partial charge in [-0.3, -0.25) is 9.48 Å². The predicted octanol–water partition coefficient (Wildman–Crippen LogP) is 2.69. The summed E-state index contributed by atoms with van der Waals surface area (Å²) in [4.78, 5) is 12.0. The minimum atomic E-state index is -0.157. The van der Waals surface area contributed by atoms with E-state index in [2.05, 4.69) is 16.5 Å². The quantitative estimate of drug-likeness (QED) is 0.802. The molecule has 0 aliphatic carbocycles. The van der Waals surface area contributed by atoms with Crippen molar-refractivity contribution in [2.45, 2.75) is 39.7 Å². The Morgan fingerprint density at radius 1 is 1.39 bits per heavy atom. The van der Waals surface area contributed by atoms with Crippen LogP contribution in [-0.2, 0) is 17.8 Å². The van der Waals surface area contributed by atoms with Crippen LogP contribution in [0.2, 0.25) is 0 Å². The molecule has 0 aliphatic heterocycles. The standard InChI is InChI=1S/C17H20N4O2/c1-12-14(13(2)21(20-12)11-5-10-18)8-9-17(23)19-15-6-3-4-7-16(15)22/h3-4,6-7,22H,5,8-9,11H2,1-2H3,(H,19,23). The molecule has 0 atom stereocenters. The summed E-state index contributed by atoms with van der Waals surface area (Å²) in [6.45, 7) is 4.42. The van der Waals surface area contributed by atoms with E-state index in [0.29, 0.717) is 31.5 Å². The summed E-state index contributed by atoms with van der Waals surface area (Å²) in [6, 6.07) is 8.75. The van der Waals surface area contributed by atoms with Crippen LogP contribution in [0, 0.1) is 25.2 Å². The van der Waals surface area contributed by atoms with Crippen molar-refractivity contribution in [3.63, 3.8) is 0 Å². The van der Waals surface area contributed by atoms with E-state index in [1.165, 1.54) is 6.07 Å². The van der Waals surface area contributed by atoms with Crippen molar-refractivity contribution in [2.24, 2.45) is 0 Å². The van der Waals surface area contributed by atoms with Crippen molar-refractivity contribution in [1.82, 2.24) is 9.78 Å². The number of aromatic hydroxyl groups is 1. The second kappa shape index (κ2) is 7.45. The second-order valence-electron chi connectivity index (χ2n) is 5.35. The molecule has 1 amide bonds. The molecule has 1 heterocycles. The minimum Gasteiger partial charge on any atom is -0.506 e. The van der Waals surface area contributed by atoms with Gasteiger partial charge >= 0.3 is 0 Å². The van der Waals surface area contributed by atoms with E-state index in [0.717, 1.165) is 17.0 Å². The number of nitrogens with zero attached hydrogens (tertiary/aromatic N) is 3. The third-order valence-corrected chi connectivity index (χ3v) is 3.75. The number of phenols is 1. The van der Waals surface area contributed by atoms with E-state index in [-0.39, 0.29) is 11.7 Å². The highest BCUT2D eigenvalue weighted by molar-refractivity contribution is 5.92. The van der Waals surface area contributed by atoms with Gasteiger partial charge in [0.25, 0.3) is 0 Å². The Labute approximate surface area is 135 Å². The Bertz CT molecular complexity index is 744. The molecule has 2 rings (SSSR count). The fourth-order valence-corrected chi connectivity index (χ4v) is 2.50. The van der Waals surface area contributed by atoms with Gasteiger partial charge < -0.3 is 10.4 Å². The van der Waals surface area contributed by atoms with Gasteiger partial charge in [-0.25, -0.2) is 0 Å². The van der Waals surface area contributed by atoms with Gasteiger partial charge in [-0.1, -0.05) is 12.1 Å². The summed E-state index contributed by atoms with van der Waals surface area (Å²) in [6.07, 6.45) is 1.29. The van der Waals surface area contributed by atoms with Crippen molar-refractivity contribution in [2.75, 3.05) is 5.32 Å². The molecular formula is C17H20N4O2. The summed E-state index contributed by atoms with van der Waals surface area (Å²) in [7, 11) is 0. The number of phenolic OH excluding ortho intramolecular Hbond substituents is 1. The summed E-state index contributed by atoms with van der Waals surface area (Å²) < 4.78 is 1.81. The van der Waals surface area contributed by atoms with E-state index in [1.807, 2.05) is 18.5 Å². The zero-order chi connectivity index (χ0) is 16.8. The number of amides is 1. The Morgan fingerprint density at radius 3 is 2.83 bits per heavy atom. The van der Waals surface area contributed by atoms with Gasteiger partial charge in [-0.2, -0.15) is 10.4 Å². The number of benzene rings is 1. The van der Waals surface area contributed by atoms with Crippen LogP contribution in [-0.4, -0.2) is 20.8 Å². The average molecular weight is 312 g/mol. The molecule has 23 heavy (non-hydrogen) atoms. The molecule has 0 saturated heterocycles. The first-order valence-electron chi connectivity index (χ1n) is 7.50. The van der Waals surface area contributed by atoms with E-state index < -0.39 is 0 Å². The highest BCUT2D eigenvalue weighted by atomic mass is 16.3. The fourth-order valence-electron chi connectivity index (χ4n) is 2.50. The maximum atomic E-state index is 12.0. The van der Waals surface area contributed by atoms with Gasteiger partial charge in [0.1, 0.15) is 5.75 Å². The van der Waals surface area contributed by atoms with Crippen LogP contribution in [0.3, 0.4) is 0 Å². The molecule has 0 radical (unpaired) electrons. The van der Waals surface area contributed by atoms with Crippen molar-refractivity contribution in [1.29, 1.82) is 5.26 Å². The average Bonchev–Trinajstić information content (AvgIpc) is 2.79. The third kappa shape index (κ3) is 4.10. The van der Waals surface area contributed by atoms with Gasteiger partial charge in [0.15, 0.2) is 0 Å². The molecule has 0 spiro atoms. The molecule has 2 aromatic rings. The number of anilines is 1. The number of aryl methyl sites for hydroxylation is 2. The predicted molar refractivity (Wildman–Crippen MR) is 87.0 cm³/mol. The van der Waals surface area contributed by atoms with Gasteiger partial charge in [0.05, 0.1) is 30.4 Å². The van der Waals surface area contributed by atoms with Gasteiger partial charge in [-0.05, 0) is 38.0 Å². The van der Waals surface area contributed by atoms with E-state index >= 15 is 0 Å². The minimum absolute atomic E-state index is 0.0533. The highest BCUT2D eigenvalue weighted by Crippen LogP contribution is 2.22. The zero-order valence-electron chi connectivity index (χ0n) is 13.3. The number of nitrogens with one attached hydrogen (secondary N) is 1. The number of para-hydroxylation sites is 2. The summed E-state index contributed by atoms with van der Waals surface area (Å²) in [5.74, 6) is -0.104. The number of carbonyl (C=O) groups excluding carboxylic acids is 1. The number of rotatable bonds is 6. The summed E-state index contributed by atoms with van der Waals surface area (Å²) in [5, 5.41) is 25.5. The lowest BCUT2D eigenvalue weighted by atomic mass is 10.1. The zero-order valence-corrected chi connectivity index (χ0v) is 13.3. The lowest BCUT2D eigenvalue weighted by molar-refractivity contribution is -0.116. The monoisotopic (exact) mass is 312 g/mol. The lowest BCUT2D eigenvalue weighted by Gasteiger charge is -2.07. The maximum absolute atomic E-state index is 12.0. The summed E-state index contributed by atoms with van der Waals surface area (Å²) in [5.41, 5.74) is 3.33. The Balaban J connectivity index is 1.98. The molecule has 0 bridgehead atoms. The van der Waals surface area contributed by atoms with Gasteiger partial charge in [0, 0.05) is 12.1 Å². The molecule has 0 fully saturated rings. The van der Waals surface area contributed by atoms with Crippen molar-refractivity contribution >= 4 is 11.6 Å². The van der Waals surface area contributed by atoms with Crippen LogP contribution in [0.15, 0.2) is 24.3 Å². The van der Waals surface area contributed by atoms with Crippen molar-refractivity contribution in [3.05, 3.63) is 41.2 Å². The van der Waals surface area contributed by atoms with Crippen LogP contribution < -0.4 is 5.32 Å². The summed E-state index contributed by atoms with van der Waals surface area (Å²) >= 11 is 0. The van der Waals surface area contributed by atoms with Crippen LogP contribution in [0.1, 0.15) is 29.8 Å². The number of nitriles is 1. The van der Waals surface area contributed by atoms with E-state index in [4.69, 9.17) is 5.26 Å². The van der Waals surface area contributed by atoms with Crippen LogP contribution in [0.25, 0.3) is 0 Å². The van der Waals surface area contributed by atoms with Crippen LogP contribution in [0.5, 0.6) is 5.75 Å². The number of carbonyl (C=O) groups is 1. The molecular weight excluding hydrogens is 292 g/mol. The first-order chi connectivity index (χ1) is 11.0. The Morgan fingerprint density at radius 2 is 2.13 bits per heavy atom. The van der Waals surface area contributed by atoms with E-state index in [9.17, 15) is 9.90 Å². The molecule has 120 valence electrons. The smallest absolute Gasteiger partial charge is 0.224 e. The fraction of sp³-hybridized carbons (Fsp3) is 0.353. The molecule has 6 heteroatoms. The maximum Gasteiger partial charge on any atom is 0.224 e. The van der Waals surface area contributed by atoms with Crippen LogP contribution >= 0.6 is 0 Å². The Kier molecular flexibility index (Phi) is 5.36.